The molecule has 3 fully saturated rings. The number of hydrogen-bond donors (Lipinski definition) is 13. The van der Waals surface area contributed by atoms with Crippen LogP contribution in [-0.2, 0) is 75.8 Å². The minimum Gasteiger partial charge on any atom is -0.387 e. The largest absolute Gasteiger partial charge is 0.490 e. The van der Waals surface area contributed by atoms with Crippen LogP contribution >= 0.6 is 31.3 Å². The van der Waals surface area contributed by atoms with E-state index in [4.69, 9.17) is 54.2 Å². The van der Waals surface area contributed by atoms with Crippen LogP contribution in [0.4, 0.5) is 17.7 Å². The number of carbonyl (C=O) groups is 1. The molecule has 40 nitrogen and oxygen atoms in total. The summed E-state index contributed by atoms with van der Waals surface area (Å²) in [5, 5.41) is 35.9. The zero-order chi connectivity index (χ0) is 58.8. The Morgan fingerprint density at radius 1 is 0.741 bits per heavy atom. The second-order valence-corrected chi connectivity index (χ2v) is 24.6. The standard InChI is InChI=1S/C37H52N16O24P4/c1-13(2)45-18(54)5-14-15(72-33(22(14)55)53-12-50(3)21-30(53)47-37(40)49-32(21)59)6-70-79(62,63)76-81(66,67)77-80(64,65)71-8-17-25(26(68-4)35(74-17)51-10-43-19-27(38)41-9-42-28(19)51)75-78(60,61)69-7-16-23(56)24(57)34(73-16)52-11-44-20-29(52)46-36(39)48-31(20)58/h9-17,22-26,33-35,55-57H,5-8H2,1-4H3,(H12-,38,39,40,41,42,45,46,47,48,49,54,58,59,60,61,62,63,64,65,66,67)/p+1/t14-,15-,16-,17-,22-,23-,24-,25-,26-,33?,34-,35-/m1/s1. The average Bonchev–Trinajstić information content (AvgIpc) is 3.45. The molecular weight excluding hydrogens is 1180 g/mol. The number of nitrogens with one attached hydrogen (secondary N) is 3. The van der Waals surface area contributed by atoms with Crippen molar-refractivity contribution >= 4 is 88.4 Å². The van der Waals surface area contributed by atoms with E-state index in [2.05, 4.69) is 53.8 Å². The topological polar surface area (TPSA) is 571 Å². The second-order valence-electron chi connectivity index (χ2n) is 18.6. The number of anilines is 3. The van der Waals surface area contributed by atoms with Gasteiger partial charge in [0.25, 0.3) is 17.1 Å². The number of aliphatic hydroxyl groups excluding tert-OH is 3. The number of amides is 1. The predicted molar refractivity (Wildman–Crippen MR) is 264 cm³/mol. The van der Waals surface area contributed by atoms with E-state index in [1.807, 2.05) is 0 Å². The maximum Gasteiger partial charge on any atom is 0.490 e. The number of rotatable bonds is 22. The van der Waals surface area contributed by atoms with Crippen LogP contribution in [0.1, 0.15) is 39.0 Å². The van der Waals surface area contributed by atoms with Gasteiger partial charge in [-0.1, -0.05) is 4.98 Å². The fourth-order valence-corrected chi connectivity index (χ4v) is 13.7. The van der Waals surface area contributed by atoms with Gasteiger partial charge in [-0.05, 0) is 13.8 Å². The number of H-pyrrole nitrogens is 2. The Kier molecular flexibility index (Phi) is 16.9. The third kappa shape index (κ3) is 12.7. The molecule has 5 unspecified atom stereocenters. The molecule has 1 amide bonds. The lowest BCUT2D eigenvalue weighted by Crippen LogP contribution is -2.45. The molecule has 0 aromatic carbocycles. The summed E-state index contributed by atoms with van der Waals surface area (Å²) in [6.07, 6.45) is -14.0. The summed E-state index contributed by atoms with van der Waals surface area (Å²) in [5.41, 5.74) is 15.6. The van der Waals surface area contributed by atoms with Crippen LogP contribution in [0.15, 0.2) is 34.9 Å². The van der Waals surface area contributed by atoms with Gasteiger partial charge in [0.15, 0.2) is 41.4 Å². The van der Waals surface area contributed by atoms with Crippen LogP contribution in [0.3, 0.4) is 0 Å². The van der Waals surface area contributed by atoms with Crippen LogP contribution in [0.5, 0.6) is 0 Å². The molecule has 16 N–H and O–H groups in total. The summed E-state index contributed by atoms with van der Waals surface area (Å²) in [4.78, 5) is 110. The van der Waals surface area contributed by atoms with Gasteiger partial charge in [-0.2, -0.15) is 13.6 Å². The molecule has 444 valence electrons. The SMILES string of the molecule is CO[C@@H]1[C@H](OP(=O)(O)OC[C@H]2O[C@@H](n3cnc4c(=O)[nH]c(N)nc43)[C@H](O)[C@@H]2O)[C@@H](COP(=O)(O)OP(=O)(O)OP(=O)(O)OC[C@H]2OC([n+]3cn(C)c4c(=O)[nH]c(N)nc43)[C@H](O)[C@@H]2CC(=O)NC(C)C)O[C@H]1n1cnc2c(N)ncnc21. The molecule has 6 aromatic rings. The lowest BCUT2D eigenvalue weighted by molar-refractivity contribution is -0.745. The minimum atomic E-state index is -6.24. The second kappa shape index (κ2) is 22.8. The van der Waals surface area contributed by atoms with Crippen molar-refractivity contribution in [3.05, 3.63) is 46.0 Å². The molecule has 3 aliphatic rings. The van der Waals surface area contributed by atoms with Gasteiger partial charge >= 0.3 is 36.9 Å². The highest BCUT2D eigenvalue weighted by atomic mass is 31.3. The first-order valence-corrected chi connectivity index (χ1v) is 29.5. The molecule has 3 saturated heterocycles. The summed E-state index contributed by atoms with van der Waals surface area (Å²) in [6, 6.07) is -0.373. The molecule has 0 bridgehead atoms. The Morgan fingerprint density at radius 2 is 1.33 bits per heavy atom. The maximum absolute atomic E-state index is 13.8. The number of methoxy groups -OCH3 is 1. The number of carbonyl (C=O) groups excluding carboxylic acids is 1. The van der Waals surface area contributed by atoms with E-state index in [-0.39, 0.29) is 57.2 Å². The van der Waals surface area contributed by atoms with E-state index >= 15 is 0 Å². The highest BCUT2D eigenvalue weighted by Crippen LogP contribution is 2.68. The maximum atomic E-state index is 13.8. The lowest BCUT2D eigenvalue weighted by Gasteiger charge is -2.26. The fourth-order valence-electron chi connectivity index (χ4n) is 9.22. The van der Waals surface area contributed by atoms with Crippen LogP contribution in [0.25, 0.3) is 33.5 Å². The molecule has 0 spiro atoms. The average molecular weight is 1230 g/mol. The van der Waals surface area contributed by atoms with Crippen LogP contribution in [0.2, 0.25) is 0 Å². The van der Waals surface area contributed by atoms with E-state index < -0.39 is 148 Å². The number of aromatic amines is 2. The van der Waals surface area contributed by atoms with Crippen LogP contribution in [-0.4, -0.2) is 176 Å². The van der Waals surface area contributed by atoms with Crippen molar-refractivity contribution in [2.24, 2.45) is 13.0 Å². The van der Waals surface area contributed by atoms with Gasteiger partial charge in [0.2, 0.25) is 23.6 Å². The zero-order valence-corrected chi connectivity index (χ0v) is 45.8. The number of phosphoric ester groups is 3. The van der Waals surface area contributed by atoms with E-state index in [9.17, 15) is 67.5 Å². The first-order chi connectivity index (χ1) is 38.0. The summed E-state index contributed by atoms with van der Waals surface area (Å²) in [7, 11) is -21.0. The number of fused-ring (bicyclic) bond motifs is 3. The number of ether oxygens (including phenoxy) is 4. The smallest absolute Gasteiger partial charge is 0.387 e. The highest BCUT2D eigenvalue weighted by molar-refractivity contribution is 7.66. The molecular formula is C37H53N16O24P4+. The van der Waals surface area contributed by atoms with Crippen molar-refractivity contribution < 1.29 is 108 Å². The molecule has 9 heterocycles. The molecule has 0 saturated carbocycles. The normalized spacial score (nSPS) is 29.1. The van der Waals surface area contributed by atoms with E-state index in [1.165, 1.54) is 27.1 Å². The Bertz CT molecular complexity index is 3670. The van der Waals surface area contributed by atoms with E-state index in [0.717, 1.165) is 30.7 Å². The predicted octanol–water partition coefficient (Wildman–Crippen LogP) is -3.54. The molecule has 9 rings (SSSR count). The van der Waals surface area contributed by atoms with Crippen molar-refractivity contribution in [3.63, 3.8) is 0 Å². The number of hydrogen-bond acceptors (Lipinski definition) is 29. The van der Waals surface area contributed by atoms with Crippen LogP contribution < -0.4 is 38.2 Å². The van der Waals surface area contributed by atoms with Gasteiger partial charge in [0.1, 0.15) is 54.6 Å². The monoisotopic (exact) mass is 1230 g/mol. The van der Waals surface area contributed by atoms with Crippen molar-refractivity contribution in [2.45, 2.75) is 93.8 Å². The number of aliphatic hydroxyl groups is 3. The van der Waals surface area contributed by atoms with Crippen molar-refractivity contribution in [1.29, 1.82) is 0 Å². The first-order valence-electron chi connectivity index (χ1n) is 23.6. The summed E-state index contributed by atoms with van der Waals surface area (Å²) in [5.74, 6) is -2.58. The van der Waals surface area contributed by atoms with Crippen LogP contribution in [0, 0.1) is 5.92 Å². The highest BCUT2D eigenvalue weighted by Gasteiger charge is 2.54. The number of aromatic nitrogens is 12. The van der Waals surface area contributed by atoms with E-state index in [1.54, 1.807) is 13.8 Å². The molecule has 3 aliphatic heterocycles. The first kappa shape index (κ1) is 60.0. The third-order valence-electron chi connectivity index (χ3n) is 12.6. The zero-order valence-electron chi connectivity index (χ0n) is 42.2. The number of nitrogens with two attached hydrogens (primary N) is 3. The van der Waals surface area contributed by atoms with Crippen molar-refractivity contribution in [3.8, 4) is 0 Å². The number of imidazole rings is 3. The summed E-state index contributed by atoms with van der Waals surface area (Å²) in [6.45, 7) is -0.0288. The molecule has 81 heavy (non-hydrogen) atoms. The number of aryl methyl sites for hydroxylation is 1. The van der Waals surface area contributed by atoms with Gasteiger partial charge in [0.05, 0.1) is 45.6 Å². The van der Waals surface area contributed by atoms with Crippen molar-refractivity contribution in [1.82, 2.24) is 58.9 Å². The molecule has 16 atom stereocenters. The number of phosphoric acid groups is 4. The van der Waals surface area contributed by atoms with Gasteiger partial charge < -0.3 is 76.4 Å². The third-order valence-corrected chi connectivity index (χ3v) is 17.8. The molecule has 0 radical (unpaired) electrons. The Morgan fingerprint density at radius 3 is 2.00 bits per heavy atom. The van der Waals surface area contributed by atoms with E-state index in [0.29, 0.717) is 0 Å². The van der Waals surface area contributed by atoms with Gasteiger partial charge in [-0.15, -0.1) is 0 Å². The molecule has 0 aliphatic carbocycles. The molecule has 6 aromatic heterocycles. The van der Waals surface area contributed by atoms with Gasteiger partial charge in [-0.3, -0.25) is 56.1 Å². The fraction of sp³-hybridized carbons (Fsp3) is 0.568. The summed E-state index contributed by atoms with van der Waals surface area (Å²) >= 11 is 0. The number of nitrogens with zero attached hydrogens (tertiary/aromatic N) is 10. The quantitative estimate of drug-likeness (QED) is 0.0231. The van der Waals surface area contributed by atoms with Gasteiger partial charge in [-0.25, -0.2) is 42.8 Å². The Hall–Kier alpha value is -5.64. The molecule has 44 heteroatoms. The van der Waals surface area contributed by atoms with Crippen molar-refractivity contribution in [2.75, 3.05) is 44.1 Å². The Labute approximate surface area is 451 Å². The van der Waals surface area contributed by atoms with Gasteiger partial charge in [0, 0.05) is 25.5 Å². The summed E-state index contributed by atoms with van der Waals surface area (Å²) < 4.78 is 111. The number of nitrogen functional groups attached to an aromatic ring is 3. The minimum absolute atomic E-state index is 0.00387. The Balaban J connectivity index is 0.879. The lowest BCUT2D eigenvalue weighted by atomic mass is 9.94.